The number of nitrogens with zero attached hydrogens (tertiary/aromatic N) is 3. The second kappa shape index (κ2) is 10.2. The molecule has 2 unspecified atom stereocenters. The number of carbonyl (C=O) groups is 2. The monoisotopic (exact) mass is 562 g/mol. The molecule has 2 aliphatic rings. The fourth-order valence-electron chi connectivity index (χ4n) is 6.34. The molecule has 1 aromatic heterocycles. The molecule has 2 bridgehead atoms. The molecule has 2 saturated carbocycles. The van der Waals surface area contributed by atoms with Gasteiger partial charge >= 0.3 is 11.6 Å². The van der Waals surface area contributed by atoms with E-state index < -0.39 is 27.8 Å². The summed E-state index contributed by atoms with van der Waals surface area (Å²) in [5.74, 6) is -1.00. The van der Waals surface area contributed by atoms with Gasteiger partial charge in [-0.3, -0.25) is 4.79 Å². The van der Waals surface area contributed by atoms with Crippen LogP contribution in [0.5, 0.6) is 0 Å². The number of oxime groups is 1. The van der Waals surface area contributed by atoms with Gasteiger partial charge in [-0.25, -0.2) is 9.59 Å². The summed E-state index contributed by atoms with van der Waals surface area (Å²) in [7, 11) is 0. The van der Waals surface area contributed by atoms with Crippen molar-refractivity contribution in [2.24, 2.45) is 31.6 Å². The third kappa shape index (κ3) is 4.41. The number of anilines is 1. The van der Waals surface area contributed by atoms with Gasteiger partial charge in [0.05, 0.1) is 22.5 Å². The summed E-state index contributed by atoms with van der Waals surface area (Å²) in [6.07, 6.45) is 1.72. The summed E-state index contributed by atoms with van der Waals surface area (Å²) >= 11 is 0. The molecule has 1 N–H and O–H groups in total. The normalized spacial score (nSPS) is 23.5. The van der Waals surface area contributed by atoms with Crippen LogP contribution in [-0.2, 0) is 9.63 Å². The summed E-state index contributed by atoms with van der Waals surface area (Å²) in [5, 5.41) is 16.4. The Morgan fingerprint density at radius 3 is 2.26 bits per heavy atom. The molecule has 6 rings (SSSR count). The molecular formula is C33H30N4O5. The van der Waals surface area contributed by atoms with Crippen molar-refractivity contribution >= 4 is 45.6 Å². The fraction of sp³-hybridized carbons (Fsp3) is 0.273. The topological polar surface area (TPSA) is 123 Å². The van der Waals surface area contributed by atoms with E-state index in [1.165, 1.54) is 6.07 Å². The number of amides is 1. The van der Waals surface area contributed by atoms with Crippen LogP contribution in [-0.4, -0.2) is 17.6 Å². The van der Waals surface area contributed by atoms with Crippen LogP contribution in [0.3, 0.4) is 0 Å². The minimum absolute atomic E-state index is 0.110. The van der Waals surface area contributed by atoms with Crippen molar-refractivity contribution < 1.29 is 18.8 Å². The Kier molecular flexibility index (Phi) is 6.60. The zero-order valence-electron chi connectivity index (χ0n) is 23.6. The predicted octanol–water partition coefficient (Wildman–Crippen LogP) is 7.58. The number of azo groups is 1. The largest absolute Gasteiger partial charge is 0.422 e. The molecule has 2 atom stereocenters. The highest BCUT2D eigenvalue weighted by Crippen LogP contribution is 2.71. The van der Waals surface area contributed by atoms with Crippen molar-refractivity contribution in [1.29, 1.82) is 0 Å². The van der Waals surface area contributed by atoms with Gasteiger partial charge < -0.3 is 14.6 Å². The maximum Gasteiger partial charge on any atom is 0.373 e. The standard InChI is InChI=1S/C33H30N4O5/c1-31(2)32(3)17-18-33(31,30(40)34-22-13-15-24(16-14-22)36-35-23-10-5-4-6-11-23)20-27(32)37-42-29(39)25-19-21-9-7-8-12-26(21)41-28(25)38/h4-16,19H,17-18,20H2,1-3H3,(H,34,40)/b36-35?,37-27+. The predicted molar refractivity (Wildman–Crippen MR) is 159 cm³/mol. The molecule has 3 aromatic carbocycles. The molecule has 9 nitrogen and oxygen atoms in total. The molecule has 0 spiro atoms. The Morgan fingerprint density at radius 1 is 0.857 bits per heavy atom. The molecule has 42 heavy (non-hydrogen) atoms. The molecule has 9 heteroatoms. The van der Waals surface area contributed by atoms with Crippen LogP contribution >= 0.6 is 0 Å². The van der Waals surface area contributed by atoms with Gasteiger partial charge in [0.1, 0.15) is 11.1 Å². The van der Waals surface area contributed by atoms with E-state index in [0.717, 1.165) is 5.69 Å². The first-order valence-electron chi connectivity index (χ1n) is 13.8. The van der Waals surface area contributed by atoms with Crippen LogP contribution in [0.4, 0.5) is 17.1 Å². The SMILES string of the molecule is CC12CCC(C(=O)Nc3ccc(N=Nc4ccccc4)cc3)(C/C1=N\OC(=O)c1cc3ccccc3oc1=O)C2(C)C. The minimum Gasteiger partial charge on any atom is -0.422 e. The van der Waals surface area contributed by atoms with Gasteiger partial charge in [-0.2, -0.15) is 10.2 Å². The van der Waals surface area contributed by atoms with Gasteiger partial charge in [-0.1, -0.05) is 62.3 Å². The van der Waals surface area contributed by atoms with Crippen molar-refractivity contribution in [2.45, 2.75) is 40.0 Å². The lowest BCUT2D eigenvalue weighted by Gasteiger charge is -2.39. The lowest BCUT2D eigenvalue weighted by atomic mass is 9.64. The smallest absolute Gasteiger partial charge is 0.373 e. The summed E-state index contributed by atoms with van der Waals surface area (Å²) in [6.45, 7) is 6.18. The Hall–Kier alpha value is -4.92. The molecule has 0 radical (unpaired) electrons. The van der Waals surface area contributed by atoms with Crippen LogP contribution in [0.1, 0.15) is 50.4 Å². The summed E-state index contributed by atoms with van der Waals surface area (Å²) in [5.41, 5.74) is 0.370. The number of fused-ring (bicyclic) bond motifs is 3. The van der Waals surface area contributed by atoms with E-state index in [1.807, 2.05) is 30.3 Å². The Balaban J connectivity index is 1.19. The quantitative estimate of drug-likeness (QED) is 0.112. The average molecular weight is 563 g/mol. The average Bonchev–Trinajstić information content (AvgIpc) is 3.30. The highest BCUT2D eigenvalue weighted by atomic mass is 16.7. The van der Waals surface area contributed by atoms with Gasteiger partial charge in [0, 0.05) is 22.9 Å². The fourth-order valence-corrected chi connectivity index (χ4v) is 6.34. The molecule has 2 fully saturated rings. The second-order valence-electron chi connectivity index (χ2n) is 11.7. The zero-order chi connectivity index (χ0) is 29.5. The van der Waals surface area contributed by atoms with Crippen LogP contribution < -0.4 is 10.9 Å². The van der Waals surface area contributed by atoms with Crippen molar-refractivity contribution in [1.82, 2.24) is 0 Å². The maximum atomic E-state index is 13.9. The van der Waals surface area contributed by atoms with E-state index in [2.05, 4.69) is 41.5 Å². The van der Waals surface area contributed by atoms with Gasteiger partial charge in [-0.05, 0) is 66.8 Å². The van der Waals surface area contributed by atoms with E-state index in [1.54, 1.807) is 48.5 Å². The van der Waals surface area contributed by atoms with E-state index in [-0.39, 0.29) is 11.5 Å². The highest BCUT2D eigenvalue weighted by Gasteiger charge is 2.71. The number of carbonyl (C=O) groups excluding carboxylic acids is 2. The number of benzene rings is 3. The summed E-state index contributed by atoms with van der Waals surface area (Å²) in [4.78, 5) is 44.4. The molecular weight excluding hydrogens is 532 g/mol. The van der Waals surface area contributed by atoms with E-state index in [9.17, 15) is 14.4 Å². The second-order valence-corrected chi connectivity index (χ2v) is 11.7. The molecule has 2 aliphatic carbocycles. The van der Waals surface area contributed by atoms with Crippen LogP contribution in [0, 0.1) is 16.2 Å². The lowest BCUT2D eigenvalue weighted by Crippen LogP contribution is -2.43. The Morgan fingerprint density at radius 2 is 1.52 bits per heavy atom. The summed E-state index contributed by atoms with van der Waals surface area (Å²) < 4.78 is 5.26. The van der Waals surface area contributed by atoms with Gasteiger partial charge in [-0.15, -0.1) is 0 Å². The first-order chi connectivity index (χ1) is 20.1. The lowest BCUT2D eigenvalue weighted by molar-refractivity contribution is -0.130. The number of rotatable bonds is 6. The van der Waals surface area contributed by atoms with Crippen LogP contribution in [0.15, 0.2) is 110 Å². The number of hydrogen-bond donors (Lipinski definition) is 1. The Bertz CT molecular complexity index is 1810. The third-order valence-corrected chi connectivity index (χ3v) is 9.43. The van der Waals surface area contributed by atoms with Crippen LogP contribution in [0.25, 0.3) is 11.0 Å². The van der Waals surface area contributed by atoms with Crippen LogP contribution in [0.2, 0.25) is 0 Å². The van der Waals surface area contributed by atoms with Crippen molar-refractivity contribution in [3.8, 4) is 0 Å². The molecule has 0 aliphatic heterocycles. The van der Waals surface area contributed by atoms with E-state index >= 15 is 0 Å². The van der Waals surface area contributed by atoms with Crippen molar-refractivity contribution in [3.05, 3.63) is 101 Å². The van der Waals surface area contributed by atoms with Crippen molar-refractivity contribution in [2.75, 3.05) is 5.32 Å². The maximum absolute atomic E-state index is 13.9. The molecule has 0 saturated heterocycles. The Labute approximate surface area is 242 Å². The summed E-state index contributed by atoms with van der Waals surface area (Å²) in [6, 6.07) is 25.0. The minimum atomic E-state index is -0.894. The molecule has 1 amide bonds. The van der Waals surface area contributed by atoms with E-state index in [0.29, 0.717) is 47.3 Å². The highest BCUT2D eigenvalue weighted by molar-refractivity contribution is 6.06. The van der Waals surface area contributed by atoms with Gasteiger partial charge in [0.25, 0.3) is 0 Å². The van der Waals surface area contributed by atoms with E-state index in [4.69, 9.17) is 9.25 Å². The third-order valence-electron chi connectivity index (χ3n) is 9.43. The zero-order valence-corrected chi connectivity index (χ0v) is 23.6. The first kappa shape index (κ1) is 27.3. The molecule has 1 heterocycles. The number of nitrogens with one attached hydrogen (secondary N) is 1. The number of para-hydroxylation sites is 1. The first-order valence-corrected chi connectivity index (χ1v) is 13.8. The molecule has 212 valence electrons. The van der Waals surface area contributed by atoms with Gasteiger partial charge in [0.2, 0.25) is 5.91 Å². The van der Waals surface area contributed by atoms with Gasteiger partial charge in [0.15, 0.2) is 0 Å². The van der Waals surface area contributed by atoms with Crippen molar-refractivity contribution in [3.63, 3.8) is 0 Å². The molecule has 4 aromatic rings. The number of hydrogen-bond acceptors (Lipinski definition) is 8.